The van der Waals surface area contributed by atoms with Crippen molar-refractivity contribution in [3.8, 4) is 0 Å². The van der Waals surface area contributed by atoms with Crippen molar-refractivity contribution in [1.29, 1.82) is 0 Å². The van der Waals surface area contributed by atoms with E-state index in [0.29, 0.717) is 6.42 Å². The molecule has 1 aromatic heterocycles. The van der Waals surface area contributed by atoms with Crippen LogP contribution in [-0.4, -0.2) is 27.1 Å². The van der Waals surface area contributed by atoms with Crippen molar-refractivity contribution in [2.45, 2.75) is 18.5 Å². The van der Waals surface area contributed by atoms with Crippen molar-refractivity contribution in [3.63, 3.8) is 0 Å². The minimum atomic E-state index is -0.874. The maximum Gasteiger partial charge on any atom is 0.323 e. The van der Waals surface area contributed by atoms with E-state index in [2.05, 4.69) is 20.8 Å². The molecule has 0 bridgehead atoms. The molecule has 1 aliphatic heterocycles. The summed E-state index contributed by atoms with van der Waals surface area (Å²) < 4.78 is 0. The van der Waals surface area contributed by atoms with Gasteiger partial charge in [0, 0.05) is 6.04 Å². The lowest BCUT2D eigenvalue weighted by Crippen LogP contribution is -2.36. The van der Waals surface area contributed by atoms with E-state index in [9.17, 15) is 9.59 Å². The highest BCUT2D eigenvalue weighted by molar-refractivity contribution is 5.76. The molecule has 94 valence electrons. The Morgan fingerprint density at radius 1 is 1.22 bits per heavy atom. The lowest BCUT2D eigenvalue weighted by Gasteiger charge is -2.09. The number of aromatic amines is 2. The number of hydrogen-bond acceptors (Lipinski definition) is 4. The summed E-state index contributed by atoms with van der Waals surface area (Å²) in [6.07, 6.45) is 0.468. The molecule has 1 saturated heterocycles. The summed E-state index contributed by atoms with van der Waals surface area (Å²) in [4.78, 5) is 27.3. The number of fused-ring (bicyclic) bond motifs is 1. The second kappa shape index (κ2) is 3.97. The van der Waals surface area contributed by atoms with Gasteiger partial charge in [-0.2, -0.15) is 0 Å². The number of rotatable bonds is 2. The van der Waals surface area contributed by atoms with E-state index in [4.69, 9.17) is 5.11 Å². The Balaban J connectivity index is 1.91. The molecule has 2 aromatic rings. The van der Waals surface area contributed by atoms with Crippen LogP contribution in [0.4, 0.5) is 0 Å². The molecule has 2 atom stereocenters. The minimum absolute atomic E-state index is 0.0751. The maximum absolute atomic E-state index is 11.1. The van der Waals surface area contributed by atoms with Crippen molar-refractivity contribution >= 4 is 17.0 Å². The zero-order valence-corrected chi connectivity index (χ0v) is 9.36. The number of carbonyl (C=O) groups is 1. The normalized spacial score (nSPS) is 23.6. The molecule has 0 amide bonds. The van der Waals surface area contributed by atoms with Crippen molar-refractivity contribution < 1.29 is 9.90 Å². The van der Waals surface area contributed by atoms with Gasteiger partial charge in [0.15, 0.2) is 0 Å². The first-order chi connectivity index (χ1) is 8.63. The van der Waals surface area contributed by atoms with Crippen molar-refractivity contribution in [2.24, 2.45) is 0 Å². The first-order valence-corrected chi connectivity index (χ1v) is 5.59. The topological polar surface area (TPSA) is 110 Å². The fourth-order valence-electron chi connectivity index (χ4n) is 2.20. The average molecular weight is 248 g/mol. The van der Waals surface area contributed by atoms with E-state index < -0.39 is 12.0 Å². The number of hydrogen-bond donors (Lipinski definition) is 5. The van der Waals surface area contributed by atoms with E-state index in [1.54, 1.807) is 6.07 Å². The Morgan fingerprint density at radius 2 is 2.00 bits per heavy atom. The number of nitrogens with one attached hydrogen (secondary N) is 4. The lowest BCUT2D eigenvalue weighted by atomic mass is 10.0. The second-order valence-corrected chi connectivity index (χ2v) is 4.35. The summed E-state index contributed by atoms with van der Waals surface area (Å²) in [6, 6.07) is 4.86. The second-order valence-electron chi connectivity index (χ2n) is 4.35. The number of benzene rings is 1. The van der Waals surface area contributed by atoms with E-state index in [0.717, 1.165) is 16.6 Å². The first kappa shape index (κ1) is 11.0. The molecule has 0 spiro atoms. The van der Waals surface area contributed by atoms with Crippen molar-refractivity contribution in [3.05, 3.63) is 34.2 Å². The fourth-order valence-corrected chi connectivity index (χ4v) is 2.20. The van der Waals surface area contributed by atoms with Crippen LogP contribution in [0.1, 0.15) is 18.0 Å². The van der Waals surface area contributed by atoms with Crippen LogP contribution in [-0.2, 0) is 4.79 Å². The predicted octanol–water partition coefficient (Wildman–Crippen LogP) is -0.152. The summed E-state index contributed by atoms with van der Waals surface area (Å²) in [5.41, 5.74) is 7.82. The van der Waals surface area contributed by atoms with Crippen LogP contribution in [0, 0.1) is 0 Å². The third-order valence-electron chi connectivity index (χ3n) is 3.14. The van der Waals surface area contributed by atoms with Crippen LogP contribution in [0.25, 0.3) is 11.0 Å². The SMILES string of the molecule is O=C(O)C1CC(c2ccc3[nH]c(=O)[nH]c3c2)NN1. The third-order valence-corrected chi connectivity index (χ3v) is 3.14. The number of carboxylic acid groups (broad SMARTS) is 1. The van der Waals surface area contributed by atoms with E-state index >= 15 is 0 Å². The molecular formula is C11H12N4O3. The largest absolute Gasteiger partial charge is 0.480 e. The molecule has 1 aromatic carbocycles. The molecule has 7 heteroatoms. The highest BCUT2D eigenvalue weighted by Crippen LogP contribution is 2.24. The smallest absolute Gasteiger partial charge is 0.323 e. The molecule has 0 aliphatic carbocycles. The Labute approximate surface area is 101 Å². The van der Waals surface area contributed by atoms with Crippen LogP contribution in [0.15, 0.2) is 23.0 Å². The Kier molecular flexibility index (Phi) is 2.42. The molecule has 1 aliphatic rings. The molecule has 18 heavy (non-hydrogen) atoms. The van der Waals surface area contributed by atoms with Gasteiger partial charge in [0.2, 0.25) is 0 Å². The Morgan fingerprint density at radius 3 is 2.72 bits per heavy atom. The monoisotopic (exact) mass is 248 g/mol. The predicted molar refractivity (Wildman–Crippen MR) is 64.0 cm³/mol. The number of H-pyrrole nitrogens is 2. The third kappa shape index (κ3) is 1.79. The maximum atomic E-state index is 11.1. The van der Waals surface area contributed by atoms with Crippen LogP contribution in [0.2, 0.25) is 0 Å². The highest BCUT2D eigenvalue weighted by atomic mass is 16.4. The molecule has 5 N–H and O–H groups in total. The van der Waals surface area contributed by atoms with Gasteiger partial charge in [0.25, 0.3) is 0 Å². The van der Waals surface area contributed by atoms with Crippen LogP contribution < -0.4 is 16.5 Å². The zero-order chi connectivity index (χ0) is 12.7. The number of aromatic nitrogens is 2. The first-order valence-electron chi connectivity index (χ1n) is 5.59. The van der Waals surface area contributed by atoms with Gasteiger partial charge in [-0.25, -0.2) is 15.6 Å². The molecule has 0 radical (unpaired) electrons. The number of hydrazine groups is 1. The summed E-state index contributed by atoms with van der Waals surface area (Å²) in [5.74, 6) is -0.874. The molecule has 3 rings (SSSR count). The summed E-state index contributed by atoms with van der Waals surface area (Å²) in [5, 5.41) is 8.90. The molecular weight excluding hydrogens is 236 g/mol. The number of imidazole rings is 1. The molecule has 1 fully saturated rings. The summed E-state index contributed by atoms with van der Waals surface area (Å²) in [6.45, 7) is 0. The highest BCUT2D eigenvalue weighted by Gasteiger charge is 2.29. The van der Waals surface area contributed by atoms with Crippen molar-refractivity contribution in [1.82, 2.24) is 20.8 Å². The van der Waals surface area contributed by atoms with Gasteiger partial charge in [-0.3, -0.25) is 4.79 Å². The van der Waals surface area contributed by atoms with Gasteiger partial charge in [-0.15, -0.1) is 0 Å². The van der Waals surface area contributed by atoms with Gasteiger partial charge in [0.1, 0.15) is 6.04 Å². The lowest BCUT2D eigenvalue weighted by molar-refractivity contribution is -0.139. The molecule has 7 nitrogen and oxygen atoms in total. The van der Waals surface area contributed by atoms with Gasteiger partial charge in [0.05, 0.1) is 11.0 Å². The molecule has 2 unspecified atom stereocenters. The fraction of sp³-hybridized carbons (Fsp3) is 0.273. The van der Waals surface area contributed by atoms with Crippen molar-refractivity contribution in [2.75, 3.05) is 0 Å². The van der Waals surface area contributed by atoms with Gasteiger partial charge < -0.3 is 15.1 Å². The van der Waals surface area contributed by atoms with Crippen LogP contribution in [0.3, 0.4) is 0 Å². The summed E-state index contributed by atoms with van der Waals surface area (Å²) in [7, 11) is 0. The van der Waals surface area contributed by atoms with E-state index in [1.165, 1.54) is 0 Å². The standard InChI is InChI=1S/C11H12N4O3/c16-10(17)9-4-7(14-15-9)5-1-2-6-8(3-5)13-11(18)12-6/h1-3,7,9,14-15H,4H2,(H,16,17)(H2,12,13,18). The average Bonchev–Trinajstić information content (AvgIpc) is 2.91. The van der Waals surface area contributed by atoms with Crippen LogP contribution in [0.5, 0.6) is 0 Å². The minimum Gasteiger partial charge on any atom is -0.480 e. The zero-order valence-electron chi connectivity index (χ0n) is 9.36. The van der Waals surface area contributed by atoms with Gasteiger partial charge in [-0.05, 0) is 24.1 Å². The Hall–Kier alpha value is -2.12. The van der Waals surface area contributed by atoms with Gasteiger partial charge in [-0.1, -0.05) is 6.07 Å². The van der Waals surface area contributed by atoms with Crippen LogP contribution >= 0.6 is 0 Å². The molecule has 2 heterocycles. The van der Waals surface area contributed by atoms with E-state index in [-0.39, 0.29) is 11.7 Å². The number of carboxylic acids is 1. The number of aliphatic carboxylic acids is 1. The molecule has 0 saturated carbocycles. The van der Waals surface area contributed by atoms with E-state index in [1.807, 2.05) is 12.1 Å². The quantitative estimate of drug-likeness (QED) is 0.507. The van der Waals surface area contributed by atoms with Gasteiger partial charge >= 0.3 is 11.7 Å². The summed E-state index contributed by atoms with van der Waals surface area (Å²) >= 11 is 0. The Bertz CT molecular complexity index is 660.